The van der Waals surface area contributed by atoms with Crippen molar-refractivity contribution in [2.45, 2.75) is 51.4 Å². The monoisotopic (exact) mass is 324 g/mol. The lowest BCUT2D eigenvalue weighted by Gasteiger charge is -2.36. The Morgan fingerprint density at radius 2 is 1.50 bits per heavy atom. The number of hydrogen-bond acceptors (Lipinski definition) is 2. The van der Waals surface area contributed by atoms with Gasteiger partial charge in [0.15, 0.2) is 0 Å². The van der Waals surface area contributed by atoms with Crippen LogP contribution in [0.1, 0.15) is 62.5 Å². The molecule has 4 atom stereocenters. The Labute approximate surface area is 145 Å². The Morgan fingerprint density at radius 1 is 0.917 bits per heavy atom. The van der Waals surface area contributed by atoms with E-state index in [4.69, 9.17) is 0 Å². The highest BCUT2D eigenvalue weighted by molar-refractivity contribution is 5.30. The van der Waals surface area contributed by atoms with Gasteiger partial charge in [0.1, 0.15) is 11.5 Å². The Kier molecular flexibility index (Phi) is 5.13. The van der Waals surface area contributed by atoms with Crippen LogP contribution in [0.3, 0.4) is 0 Å². The quantitative estimate of drug-likeness (QED) is 0.745. The summed E-state index contributed by atoms with van der Waals surface area (Å²) in [4.78, 5) is 0. The van der Waals surface area contributed by atoms with Crippen molar-refractivity contribution in [3.8, 4) is 11.5 Å². The number of phenols is 2. The molecule has 2 aromatic rings. The maximum atomic E-state index is 9.52. The molecule has 3 rings (SSSR count). The summed E-state index contributed by atoms with van der Waals surface area (Å²) in [5, 5.41) is 19.0. The van der Waals surface area contributed by atoms with E-state index in [0.29, 0.717) is 29.3 Å². The third kappa shape index (κ3) is 3.92. The van der Waals surface area contributed by atoms with Crippen LogP contribution in [0.2, 0.25) is 0 Å². The van der Waals surface area contributed by atoms with Crippen LogP contribution in [0.5, 0.6) is 11.5 Å². The summed E-state index contributed by atoms with van der Waals surface area (Å²) >= 11 is 0. The van der Waals surface area contributed by atoms with Crippen LogP contribution in [-0.4, -0.2) is 10.2 Å². The van der Waals surface area contributed by atoms with Crippen LogP contribution in [0, 0.1) is 11.8 Å². The zero-order valence-corrected chi connectivity index (χ0v) is 14.7. The van der Waals surface area contributed by atoms with Crippen LogP contribution in [0.4, 0.5) is 0 Å². The highest BCUT2D eigenvalue weighted by Gasteiger charge is 2.29. The Hall–Kier alpha value is -1.96. The molecule has 2 nitrogen and oxygen atoms in total. The Morgan fingerprint density at radius 3 is 2.12 bits per heavy atom. The van der Waals surface area contributed by atoms with Crippen LogP contribution < -0.4 is 0 Å². The third-order valence-electron chi connectivity index (χ3n) is 5.77. The van der Waals surface area contributed by atoms with E-state index >= 15 is 0 Å². The lowest BCUT2D eigenvalue weighted by atomic mass is 9.69. The second-order valence-electron chi connectivity index (χ2n) is 7.58. The molecule has 0 saturated heterocycles. The number of rotatable bonds is 4. The van der Waals surface area contributed by atoms with Crippen LogP contribution in [0.25, 0.3) is 0 Å². The highest BCUT2D eigenvalue weighted by Crippen LogP contribution is 2.43. The molecule has 0 aliphatic heterocycles. The molecule has 128 valence electrons. The van der Waals surface area contributed by atoms with Gasteiger partial charge in [0, 0.05) is 0 Å². The Bertz CT molecular complexity index is 645. The lowest BCUT2D eigenvalue weighted by Crippen LogP contribution is -2.22. The average Bonchev–Trinajstić information content (AvgIpc) is 2.58. The SMILES string of the molecule is CC(CC1CCC(C)C(c2ccc(O)cc2)C1)c1ccc(O)cc1. The van der Waals surface area contributed by atoms with Gasteiger partial charge in [-0.2, -0.15) is 0 Å². The zero-order valence-electron chi connectivity index (χ0n) is 14.7. The van der Waals surface area contributed by atoms with Gasteiger partial charge < -0.3 is 10.2 Å². The first kappa shape index (κ1) is 16.9. The maximum absolute atomic E-state index is 9.52. The normalized spacial score (nSPS) is 25.3. The van der Waals surface area contributed by atoms with Crippen molar-refractivity contribution in [1.82, 2.24) is 0 Å². The maximum Gasteiger partial charge on any atom is 0.115 e. The number of aromatic hydroxyl groups is 2. The van der Waals surface area contributed by atoms with E-state index in [9.17, 15) is 10.2 Å². The molecule has 1 saturated carbocycles. The molecular weight excluding hydrogens is 296 g/mol. The summed E-state index contributed by atoms with van der Waals surface area (Å²) in [5.41, 5.74) is 2.68. The van der Waals surface area contributed by atoms with Crippen molar-refractivity contribution in [3.05, 3.63) is 59.7 Å². The summed E-state index contributed by atoms with van der Waals surface area (Å²) in [6.45, 7) is 4.65. The predicted molar refractivity (Wildman–Crippen MR) is 98.5 cm³/mol. The number of benzene rings is 2. The first-order valence-electron chi connectivity index (χ1n) is 9.10. The minimum atomic E-state index is 0.338. The molecule has 0 bridgehead atoms. The molecule has 2 heteroatoms. The highest BCUT2D eigenvalue weighted by atomic mass is 16.3. The molecule has 0 spiro atoms. The van der Waals surface area contributed by atoms with E-state index in [2.05, 4.69) is 26.0 Å². The second-order valence-corrected chi connectivity index (χ2v) is 7.58. The standard InChI is InChI=1S/C22H28O2/c1-15-3-4-17(13-16(2)18-5-9-20(23)10-6-18)14-22(15)19-7-11-21(24)12-8-19/h5-12,15-17,22-24H,3-4,13-14H2,1-2H3. The molecule has 0 aromatic heterocycles. The molecule has 0 heterocycles. The third-order valence-corrected chi connectivity index (χ3v) is 5.77. The molecule has 0 amide bonds. The fourth-order valence-corrected chi connectivity index (χ4v) is 4.25. The van der Waals surface area contributed by atoms with Crippen molar-refractivity contribution < 1.29 is 10.2 Å². The fourth-order valence-electron chi connectivity index (χ4n) is 4.25. The van der Waals surface area contributed by atoms with Gasteiger partial charge in [0.05, 0.1) is 0 Å². The summed E-state index contributed by atoms with van der Waals surface area (Å²) in [6.07, 6.45) is 5.01. The zero-order chi connectivity index (χ0) is 17.1. The minimum absolute atomic E-state index is 0.338. The molecule has 2 aromatic carbocycles. The lowest BCUT2D eigenvalue weighted by molar-refractivity contribution is 0.232. The van der Waals surface area contributed by atoms with Gasteiger partial charge in [-0.3, -0.25) is 0 Å². The van der Waals surface area contributed by atoms with Gasteiger partial charge in [-0.15, -0.1) is 0 Å². The van der Waals surface area contributed by atoms with Gasteiger partial charge in [-0.25, -0.2) is 0 Å². The fraction of sp³-hybridized carbons (Fsp3) is 0.455. The van der Waals surface area contributed by atoms with E-state index < -0.39 is 0 Å². The topological polar surface area (TPSA) is 40.5 Å². The molecular formula is C22H28O2. The van der Waals surface area contributed by atoms with Gasteiger partial charge in [0.2, 0.25) is 0 Å². The molecule has 1 aliphatic rings. The first-order valence-corrected chi connectivity index (χ1v) is 9.10. The van der Waals surface area contributed by atoms with Crippen LogP contribution >= 0.6 is 0 Å². The molecule has 4 unspecified atom stereocenters. The number of hydrogen-bond donors (Lipinski definition) is 2. The van der Waals surface area contributed by atoms with Crippen LogP contribution in [0.15, 0.2) is 48.5 Å². The summed E-state index contributed by atoms with van der Waals surface area (Å²) in [6, 6.07) is 15.5. The van der Waals surface area contributed by atoms with Gasteiger partial charge in [-0.1, -0.05) is 44.5 Å². The minimum Gasteiger partial charge on any atom is -0.508 e. The molecule has 0 radical (unpaired) electrons. The average molecular weight is 324 g/mol. The molecule has 1 aliphatic carbocycles. The van der Waals surface area contributed by atoms with E-state index in [0.717, 1.165) is 5.92 Å². The summed E-state index contributed by atoms with van der Waals surface area (Å²) < 4.78 is 0. The molecule has 24 heavy (non-hydrogen) atoms. The largest absolute Gasteiger partial charge is 0.508 e. The van der Waals surface area contributed by atoms with E-state index in [1.807, 2.05) is 24.3 Å². The van der Waals surface area contributed by atoms with Crippen molar-refractivity contribution in [2.75, 3.05) is 0 Å². The first-order chi connectivity index (χ1) is 11.5. The smallest absolute Gasteiger partial charge is 0.115 e. The summed E-state index contributed by atoms with van der Waals surface area (Å²) in [7, 11) is 0. The second kappa shape index (κ2) is 7.29. The van der Waals surface area contributed by atoms with E-state index in [1.54, 1.807) is 12.1 Å². The Balaban J connectivity index is 1.66. The van der Waals surface area contributed by atoms with Gasteiger partial charge in [-0.05, 0) is 78.3 Å². The predicted octanol–water partition coefficient (Wildman–Crippen LogP) is 5.81. The van der Waals surface area contributed by atoms with Crippen molar-refractivity contribution in [1.29, 1.82) is 0 Å². The van der Waals surface area contributed by atoms with E-state index in [-0.39, 0.29) is 0 Å². The summed E-state index contributed by atoms with van der Waals surface area (Å²) in [5.74, 6) is 3.24. The van der Waals surface area contributed by atoms with Crippen molar-refractivity contribution in [3.63, 3.8) is 0 Å². The molecule has 2 N–H and O–H groups in total. The van der Waals surface area contributed by atoms with Crippen molar-refractivity contribution in [2.24, 2.45) is 11.8 Å². The number of phenolic OH excluding ortho intramolecular Hbond substituents is 2. The van der Waals surface area contributed by atoms with Crippen molar-refractivity contribution >= 4 is 0 Å². The molecule has 1 fully saturated rings. The van der Waals surface area contributed by atoms with E-state index in [1.165, 1.54) is 36.8 Å². The van der Waals surface area contributed by atoms with Crippen LogP contribution in [-0.2, 0) is 0 Å². The van der Waals surface area contributed by atoms with Gasteiger partial charge in [0.25, 0.3) is 0 Å². The van der Waals surface area contributed by atoms with Gasteiger partial charge >= 0.3 is 0 Å².